The van der Waals surface area contributed by atoms with E-state index >= 15 is 0 Å². The summed E-state index contributed by atoms with van der Waals surface area (Å²) >= 11 is 0. The normalized spacial score (nSPS) is 19.0. The number of hydrogen-bond donors (Lipinski definition) is 2. The third kappa shape index (κ3) is 5.72. The molecule has 2 N–H and O–H groups in total. The van der Waals surface area contributed by atoms with Crippen molar-refractivity contribution in [1.82, 2.24) is 10.2 Å². The van der Waals surface area contributed by atoms with Crippen molar-refractivity contribution in [2.45, 2.75) is 51.5 Å². The Morgan fingerprint density at radius 3 is 2.63 bits per heavy atom. The first-order valence-corrected chi connectivity index (χ1v) is 6.76. The highest BCUT2D eigenvalue weighted by Gasteiger charge is 2.26. The molecule has 0 radical (unpaired) electrons. The van der Waals surface area contributed by atoms with Crippen LogP contribution in [0.1, 0.15) is 45.4 Å². The molecular weight excluding hydrogens is 248 g/mol. The van der Waals surface area contributed by atoms with E-state index in [1.165, 1.54) is 6.92 Å². The maximum atomic E-state index is 12.1. The van der Waals surface area contributed by atoms with Crippen LogP contribution in [0.15, 0.2) is 0 Å². The molecule has 108 valence electrons. The summed E-state index contributed by atoms with van der Waals surface area (Å²) in [5.41, 5.74) is 0. The fraction of sp³-hybridized carbons (Fsp3) is 0.769. The van der Waals surface area contributed by atoms with Gasteiger partial charge in [0.05, 0.1) is 0 Å². The number of aliphatic carboxylic acids is 1. The van der Waals surface area contributed by atoms with Crippen LogP contribution in [0.4, 0.5) is 0 Å². The van der Waals surface area contributed by atoms with E-state index in [-0.39, 0.29) is 30.7 Å². The maximum Gasteiger partial charge on any atom is 0.303 e. The Balaban J connectivity index is 2.43. The quantitative estimate of drug-likeness (QED) is 0.746. The lowest BCUT2D eigenvalue weighted by molar-refractivity contribution is -0.140. The number of carboxylic acids is 1. The highest BCUT2D eigenvalue weighted by Crippen LogP contribution is 2.21. The fourth-order valence-electron chi connectivity index (χ4n) is 2.41. The van der Waals surface area contributed by atoms with Crippen LogP contribution < -0.4 is 5.32 Å². The molecule has 19 heavy (non-hydrogen) atoms. The number of amides is 2. The molecule has 0 bridgehead atoms. The molecule has 6 heteroatoms. The number of carbonyl (C=O) groups excluding carboxylic acids is 2. The molecule has 1 heterocycles. The summed E-state index contributed by atoms with van der Waals surface area (Å²) in [6.07, 6.45) is 3.78. The van der Waals surface area contributed by atoms with Crippen LogP contribution in [0.25, 0.3) is 0 Å². The molecule has 1 rings (SSSR count). The van der Waals surface area contributed by atoms with E-state index in [1.54, 1.807) is 4.90 Å². The molecular formula is C13H22N2O4. The van der Waals surface area contributed by atoms with Gasteiger partial charge in [0.25, 0.3) is 0 Å². The Bertz CT molecular complexity index is 344. The third-order valence-corrected chi connectivity index (χ3v) is 3.35. The average Bonchev–Trinajstić information content (AvgIpc) is 2.36. The molecule has 0 saturated carbocycles. The number of piperidine rings is 1. The smallest absolute Gasteiger partial charge is 0.303 e. The molecule has 0 spiro atoms. The maximum absolute atomic E-state index is 12.1. The Labute approximate surface area is 113 Å². The summed E-state index contributed by atoms with van der Waals surface area (Å²) in [5.74, 6) is -0.964. The number of carbonyl (C=O) groups is 3. The van der Waals surface area contributed by atoms with Crippen molar-refractivity contribution in [2.24, 2.45) is 0 Å². The zero-order valence-corrected chi connectivity index (χ0v) is 11.4. The van der Waals surface area contributed by atoms with Gasteiger partial charge in [-0.2, -0.15) is 0 Å². The van der Waals surface area contributed by atoms with Crippen molar-refractivity contribution < 1.29 is 19.5 Å². The SMILES string of the molecule is CC(=O)NCCC(=O)N1CCCCC1CCC(=O)O. The number of nitrogens with one attached hydrogen (secondary N) is 1. The molecule has 1 atom stereocenters. The molecule has 0 aromatic carbocycles. The van der Waals surface area contributed by atoms with Crippen LogP contribution >= 0.6 is 0 Å². The predicted molar refractivity (Wildman–Crippen MR) is 69.5 cm³/mol. The highest BCUT2D eigenvalue weighted by atomic mass is 16.4. The lowest BCUT2D eigenvalue weighted by Gasteiger charge is -2.35. The summed E-state index contributed by atoms with van der Waals surface area (Å²) in [7, 11) is 0. The molecule has 0 aliphatic carbocycles. The Hall–Kier alpha value is -1.59. The van der Waals surface area contributed by atoms with Crippen molar-refractivity contribution in [1.29, 1.82) is 0 Å². The molecule has 0 aromatic heterocycles. The first kappa shape index (κ1) is 15.5. The summed E-state index contributed by atoms with van der Waals surface area (Å²) < 4.78 is 0. The van der Waals surface area contributed by atoms with Crippen molar-refractivity contribution in [2.75, 3.05) is 13.1 Å². The van der Waals surface area contributed by atoms with Crippen LogP contribution in [-0.4, -0.2) is 46.9 Å². The molecule has 1 unspecified atom stereocenters. The number of nitrogens with zero attached hydrogens (tertiary/aromatic N) is 1. The topological polar surface area (TPSA) is 86.7 Å². The molecule has 1 aliphatic heterocycles. The van der Waals surface area contributed by atoms with E-state index in [0.29, 0.717) is 19.5 Å². The van der Waals surface area contributed by atoms with Gasteiger partial charge in [0.1, 0.15) is 0 Å². The second-order valence-electron chi connectivity index (χ2n) is 4.90. The predicted octanol–water partition coefficient (Wildman–Crippen LogP) is 0.758. The van der Waals surface area contributed by atoms with Gasteiger partial charge in [-0.05, 0) is 25.7 Å². The number of likely N-dealkylation sites (tertiary alicyclic amines) is 1. The first-order valence-electron chi connectivity index (χ1n) is 6.76. The largest absolute Gasteiger partial charge is 0.481 e. The van der Waals surface area contributed by atoms with Gasteiger partial charge < -0.3 is 15.3 Å². The van der Waals surface area contributed by atoms with Crippen molar-refractivity contribution >= 4 is 17.8 Å². The van der Waals surface area contributed by atoms with Crippen molar-refractivity contribution in [3.05, 3.63) is 0 Å². The minimum atomic E-state index is -0.823. The molecule has 1 aliphatic rings. The van der Waals surface area contributed by atoms with E-state index < -0.39 is 5.97 Å². The van der Waals surface area contributed by atoms with E-state index in [9.17, 15) is 14.4 Å². The third-order valence-electron chi connectivity index (χ3n) is 3.35. The minimum Gasteiger partial charge on any atom is -0.481 e. The highest BCUT2D eigenvalue weighted by molar-refractivity contribution is 5.78. The molecule has 0 aromatic rings. The van der Waals surface area contributed by atoms with Gasteiger partial charge in [0, 0.05) is 38.9 Å². The van der Waals surface area contributed by atoms with E-state index in [1.807, 2.05) is 0 Å². The number of hydrogen-bond acceptors (Lipinski definition) is 3. The summed E-state index contributed by atoms with van der Waals surface area (Å²) in [5, 5.41) is 11.3. The minimum absolute atomic E-state index is 0.00355. The Morgan fingerprint density at radius 1 is 1.26 bits per heavy atom. The van der Waals surface area contributed by atoms with Crippen LogP contribution in [-0.2, 0) is 14.4 Å². The Kier molecular flexibility index (Phi) is 6.32. The van der Waals surface area contributed by atoms with Crippen LogP contribution in [0, 0.1) is 0 Å². The second kappa shape index (κ2) is 7.76. The van der Waals surface area contributed by atoms with Gasteiger partial charge in [0.2, 0.25) is 11.8 Å². The molecule has 1 saturated heterocycles. The first-order chi connectivity index (χ1) is 9.00. The van der Waals surface area contributed by atoms with Gasteiger partial charge in [0.15, 0.2) is 0 Å². The second-order valence-corrected chi connectivity index (χ2v) is 4.90. The van der Waals surface area contributed by atoms with Crippen LogP contribution in [0.3, 0.4) is 0 Å². The van der Waals surface area contributed by atoms with Crippen molar-refractivity contribution in [3.8, 4) is 0 Å². The van der Waals surface area contributed by atoms with Crippen molar-refractivity contribution in [3.63, 3.8) is 0 Å². The molecule has 6 nitrogen and oxygen atoms in total. The molecule has 2 amide bonds. The molecule has 1 fully saturated rings. The summed E-state index contributed by atoms with van der Waals surface area (Å²) in [6, 6.07) is 0.0367. The van der Waals surface area contributed by atoms with Gasteiger partial charge in [-0.3, -0.25) is 14.4 Å². The van der Waals surface area contributed by atoms with Crippen LogP contribution in [0.5, 0.6) is 0 Å². The number of carboxylic acid groups (broad SMARTS) is 1. The van der Waals surface area contributed by atoms with Gasteiger partial charge >= 0.3 is 5.97 Å². The standard InChI is InChI=1S/C13H22N2O4/c1-10(16)14-8-7-12(17)15-9-3-2-4-11(15)5-6-13(18)19/h11H,2-9H2,1H3,(H,14,16)(H,18,19). The van der Waals surface area contributed by atoms with Gasteiger partial charge in [-0.1, -0.05) is 0 Å². The Morgan fingerprint density at radius 2 is 2.00 bits per heavy atom. The van der Waals surface area contributed by atoms with E-state index in [0.717, 1.165) is 19.3 Å². The average molecular weight is 270 g/mol. The van der Waals surface area contributed by atoms with Gasteiger partial charge in [-0.25, -0.2) is 0 Å². The van der Waals surface area contributed by atoms with E-state index in [4.69, 9.17) is 5.11 Å². The zero-order chi connectivity index (χ0) is 14.3. The summed E-state index contributed by atoms with van der Waals surface area (Å²) in [4.78, 5) is 35.2. The van der Waals surface area contributed by atoms with E-state index in [2.05, 4.69) is 5.32 Å². The zero-order valence-electron chi connectivity index (χ0n) is 11.4. The lowest BCUT2D eigenvalue weighted by atomic mass is 9.97. The lowest BCUT2D eigenvalue weighted by Crippen LogP contribution is -2.44. The monoisotopic (exact) mass is 270 g/mol. The van der Waals surface area contributed by atoms with Gasteiger partial charge in [-0.15, -0.1) is 0 Å². The van der Waals surface area contributed by atoms with Crippen LogP contribution in [0.2, 0.25) is 0 Å². The summed E-state index contributed by atoms with van der Waals surface area (Å²) in [6.45, 7) is 2.46. The number of rotatable bonds is 6. The fourth-order valence-corrected chi connectivity index (χ4v) is 2.41.